The maximum absolute atomic E-state index is 11.0. The Labute approximate surface area is 99.4 Å². The highest BCUT2D eigenvalue weighted by atomic mass is 16.4. The molecule has 1 unspecified atom stereocenters. The van der Waals surface area contributed by atoms with Crippen molar-refractivity contribution in [3.05, 3.63) is 5.89 Å². The maximum atomic E-state index is 11.0. The van der Waals surface area contributed by atoms with Gasteiger partial charge in [-0.05, 0) is 13.0 Å². The topological polar surface area (TPSA) is 92.1 Å². The summed E-state index contributed by atoms with van der Waals surface area (Å²) in [4.78, 5) is 11.0. The van der Waals surface area contributed by atoms with Crippen LogP contribution in [0, 0.1) is 0 Å². The highest BCUT2D eigenvalue weighted by molar-refractivity contribution is 5.76. The van der Waals surface area contributed by atoms with E-state index in [9.17, 15) is 4.79 Å². The van der Waals surface area contributed by atoms with Gasteiger partial charge in [-0.2, -0.15) is 0 Å². The van der Waals surface area contributed by atoms with Crippen LogP contribution in [0.5, 0.6) is 0 Å². The molecule has 0 saturated carbocycles. The van der Waals surface area contributed by atoms with Gasteiger partial charge >= 0.3 is 6.01 Å². The predicted molar refractivity (Wildman–Crippen MR) is 61.3 cm³/mol. The van der Waals surface area contributed by atoms with Crippen LogP contribution < -0.4 is 16.0 Å². The van der Waals surface area contributed by atoms with E-state index in [1.807, 2.05) is 6.92 Å². The molecule has 0 aromatic carbocycles. The summed E-state index contributed by atoms with van der Waals surface area (Å²) in [5.74, 6) is 0.663. The van der Waals surface area contributed by atoms with Crippen molar-refractivity contribution >= 4 is 11.9 Å². The van der Waals surface area contributed by atoms with Crippen LogP contribution in [-0.4, -0.2) is 35.2 Å². The number of nitrogens with one attached hydrogen (secondary N) is 3. The fraction of sp³-hybridized carbons (Fsp3) is 0.700. The van der Waals surface area contributed by atoms with Crippen LogP contribution in [0.4, 0.5) is 6.01 Å². The Kier molecular flexibility index (Phi) is 3.92. The van der Waals surface area contributed by atoms with E-state index in [0.717, 1.165) is 13.0 Å². The van der Waals surface area contributed by atoms with E-state index in [4.69, 9.17) is 4.42 Å². The lowest BCUT2D eigenvalue weighted by atomic mass is 10.1. The Balaban J connectivity index is 1.82. The van der Waals surface area contributed by atoms with Crippen LogP contribution in [0.2, 0.25) is 0 Å². The van der Waals surface area contributed by atoms with Gasteiger partial charge in [-0.1, -0.05) is 12.0 Å². The first kappa shape index (κ1) is 11.8. The molecule has 2 rings (SSSR count). The zero-order valence-electron chi connectivity index (χ0n) is 9.82. The second-order valence-corrected chi connectivity index (χ2v) is 3.97. The van der Waals surface area contributed by atoms with Gasteiger partial charge in [0.15, 0.2) is 0 Å². The number of carbonyl (C=O) groups is 1. The smallest absolute Gasteiger partial charge is 0.315 e. The van der Waals surface area contributed by atoms with Crippen molar-refractivity contribution in [2.24, 2.45) is 0 Å². The van der Waals surface area contributed by atoms with E-state index in [0.29, 0.717) is 31.4 Å². The zero-order valence-corrected chi connectivity index (χ0v) is 9.82. The van der Waals surface area contributed by atoms with Crippen LogP contribution in [0.1, 0.15) is 25.7 Å². The summed E-state index contributed by atoms with van der Waals surface area (Å²) in [6, 6.07) is 0.583. The Morgan fingerprint density at radius 2 is 2.41 bits per heavy atom. The minimum absolute atomic E-state index is 0.0985. The van der Waals surface area contributed by atoms with Crippen molar-refractivity contribution in [1.29, 1.82) is 0 Å². The van der Waals surface area contributed by atoms with Gasteiger partial charge in [-0.15, -0.1) is 5.10 Å². The normalized spacial score (nSPS) is 20.1. The molecule has 1 amide bonds. The lowest BCUT2D eigenvalue weighted by Gasteiger charge is -2.22. The first-order valence-electron chi connectivity index (χ1n) is 5.84. The molecular formula is C10H17N5O2. The Hall–Kier alpha value is -1.63. The summed E-state index contributed by atoms with van der Waals surface area (Å²) in [6.07, 6.45) is 1.33. The van der Waals surface area contributed by atoms with E-state index in [1.165, 1.54) is 0 Å². The second kappa shape index (κ2) is 5.62. The third kappa shape index (κ3) is 3.42. The molecular weight excluding hydrogens is 222 g/mol. The number of carbonyl (C=O) groups excluding carboxylic acids is 1. The van der Waals surface area contributed by atoms with Crippen molar-refractivity contribution < 1.29 is 9.21 Å². The van der Waals surface area contributed by atoms with E-state index in [-0.39, 0.29) is 11.9 Å². The molecule has 1 aliphatic rings. The number of nitrogens with zero attached hydrogens (tertiary/aromatic N) is 2. The molecule has 1 saturated heterocycles. The molecule has 1 aliphatic heterocycles. The summed E-state index contributed by atoms with van der Waals surface area (Å²) in [5.41, 5.74) is 0. The zero-order chi connectivity index (χ0) is 12.1. The molecule has 7 heteroatoms. The molecule has 1 fully saturated rings. The minimum atomic E-state index is 0.0985. The van der Waals surface area contributed by atoms with E-state index >= 15 is 0 Å². The number of piperidine rings is 1. The summed E-state index contributed by atoms with van der Waals surface area (Å²) < 4.78 is 5.41. The first-order chi connectivity index (χ1) is 8.28. The van der Waals surface area contributed by atoms with Crippen LogP contribution in [0.25, 0.3) is 0 Å². The van der Waals surface area contributed by atoms with E-state index in [2.05, 4.69) is 26.1 Å². The number of anilines is 1. The lowest BCUT2D eigenvalue weighted by molar-refractivity contribution is -0.122. The largest absolute Gasteiger partial charge is 0.407 e. The van der Waals surface area contributed by atoms with Crippen molar-refractivity contribution in [2.45, 2.75) is 32.4 Å². The number of aromatic nitrogens is 2. The SMILES string of the molecule is CCNCc1nnc(NC2CCC(=O)NC2)o1. The molecule has 0 aliphatic carbocycles. The standard InChI is InChI=1S/C10H17N5O2/c1-2-11-6-9-14-15-10(17-9)13-7-3-4-8(16)12-5-7/h7,11H,2-6H2,1H3,(H,12,16)(H,13,15). The van der Waals surface area contributed by atoms with Crippen LogP contribution in [-0.2, 0) is 11.3 Å². The van der Waals surface area contributed by atoms with Gasteiger partial charge < -0.3 is 20.4 Å². The Morgan fingerprint density at radius 1 is 1.53 bits per heavy atom. The number of amides is 1. The average Bonchev–Trinajstić information content (AvgIpc) is 2.77. The van der Waals surface area contributed by atoms with Gasteiger partial charge in [0, 0.05) is 19.0 Å². The van der Waals surface area contributed by atoms with Gasteiger partial charge in [0.25, 0.3) is 0 Å². The summed E-state index contributed by atoms with van der Waals surface area (Å²) in [7, 11) is 0. The fourth-order valence-corrected chi connectivity index (χ4v) is 1.65. The maximum Gasteiger partial charge on any atom is 0.315 e. The molecule has 1 aromatic rings. The van der Waals surface area contributed by atoms with Gasteiger partial charge in [0.2, 0.25) is 11.8 Å². The minimum Gasteiger partial charge on any atom is -0.407 e. The number of hydrogen-bond acceptors (Lipinski definition) is 6. The summed E-state index contributed by atoms with van der Waals surface area (Å²) in [6.45, 7) is 4.05. The van der Waals surface area contributed by atoms with Gasteiger partial charge in [0.1, 0.15) is 0 Å². The van der Waals surface area contributed by atoms with Gasteiger partial charge in [0.05, 0.1) is 6.54 Å². The van der Waals surface area contributed by atoms with Crippen molar-refractivity contribution in [3.63, 3.8) is 0 Å². The summed E-state index contributed by atoms with van der Waals surface area (Å²) >= 11 is 0. The van der Waals surface area contributed by atoms with Gasteiger partial charge in [-0.25, -0.2) is 0 Å². The van der Waals surface area contributed by atoms with Crippen LogP contribution >= 0.6 is 0 Å². The summed E-state index contributed by atoms with van der Waals surface area (Å²) in [5, 5.41) is 16.8. The third-order valence-corrected chi connectivity index (χ3v) is 2.59. The monoisotopic (exact) mass is 239 g/mol. The molecule has 1 atom stereocenters. The molecule has 7 nitrogen and oxygen atoms in total. The quantitative estimate of drug-likeness (QED) is 0.663. The van der Waals surface area contributed by atoms with Crippen molar-refractivity contribution in [1.82, 2.24) is 20.8 Å². The molecule has 0 radical (unpaired) electrons. The lowest BCUT2D eigenvalue weighted by Crippen LogP contribution is -2.41. The third-order valence-electron chi connectivity index (χ3n) is 2.59. The molecule has 0 spiro atoms. The highest BCUT2D eigenvalue weighted by Gasteiger charge is 2.19. The number of hydrogen-bond donors (Lipinski definition) is 3. The molecule has 1 aromatic heterocycles. The van der Waals surface area contributed by atoms with Crippen LogP contribution in [0.15, 0.2) is 4.42 Å². The molecule has 17 heavy (non-hydrogen) atoms. The predicted octanol–water partition coefficient (Wildman–Crippen LogP) is -0.130. The van der Waals surface area contributed by atoms with Gasteiger partial charge in [-0.3, -0.25) is 4.79 Å². The Bertz CT molecular complexity index is 369. The van der Waals surface area contributed by atoms with E-state index in [1.54, 1.807) is 0 Å². The molecule has 0 bridgehead atoms. The highest BCUT2D eigenvalue weighted by Crippen LogP contribution is 2.11. The second-order valence-electron chi connectivity index (χ2n) is 3.97. The fourth-order valence-electron chi connectivity index (χ4n) is 1.65. The van der Waals surface area contributed by atoms with Crippen LogP contribution in [0.3, 0.4) is 0 Å². The molecule has 2 heterocycles. The van der Waals surface area contributed by atoms with Crippen molar-refractivity contribution in [3.8, 4) is 0 Å². The average molecular weight is 239 g/mol. The van der Waals surface area contributed by atoms with Crippen molar-refractivity contribution in [2.75, 3.05) is 18.4 Å². The Morgan fingerprint density at radius 3 is 3.12 bits per heavy atom. The van der Waals surface area contributed by atoms with E-state index < -0.39 is 0 Å². The number of rotatable bonds is 5. The first-order valence-corrected chi connectivity index (χ1v) is 5.84. The molecule has 94 valence electrons. The molecule has 3 N–H and O–H groups in total.